The fourth-order valence-corrected chi connectivity index (χ4v) is 3.45. The zero-order chi connectivity index (χ0) is 19.6. The fraction of sp³-hybridized carbons (Fsp3) is 0.947. The fourth-order valence-electron chi connectivity index (χ4n) is 3.45. The molecule has 1 saturated heterocycles. The summed E-state index contributed by atoms with van der Waals surface area (Å²) in [7, 11) is 0. The minimum atomic E-state index is -0.888. The highest BCUT2D eigenvalue weighted by atomic mass is 16.6. The average molecular weight is 360 g/mol. The van der Waals surface area contributed by atoms with E-state index in [-0.39, 0.29) is 18.6 Å². The molecule has 0 bridgehead atoms. The monoisotopic (exact) mass is 359 g/mol. The van der Waals surface area contributed by atoms with Crippen molar-refractivity contribution in [3.63, 3.8) is 0 Å². The van der Waals surface area contributed by atoms with Crippen LogP contribution in [0, 0.1) is 11.8 Å². The van der Waals surface area contributed by atoms with E-state index in [2.05, 4.69) is 13.8 Å². The molecule has 1 aliphatic heterocycles. The first kappa shape index (κ1) is 22.2. The molecule has 25 heavy (non-hydrogen) atoms. The highest BCUT2D eigenvalue weighted by Gasteiger charge is 2.54. The van der Waals surface area contributed by atoms with Crippen LogP contribution in [-0.4, -0.2) is 57.4 Å². The lowest BCUT2D eigenvalue weighted by Gasteiger charge is -2.36. The van der Waals surface area contributed by atoms with E-state index in [1.165, 1.54) is 0 Å². The van der Waals surface area contributed by atoms with Crippen molar-refractivity contribution in [2.24, 2.45) is 11.8 Å². The van der Waals surface area contributed by atoms with Crippen molar-refractivity contribution in [3.05, 3.63) is 0 Å². The maximum absolute atomic E-state index is 12.8. The number of carbonyl (C=O) groups excluding carboxylic acids is 1. The lowest BCUT2D eigenvalue weighted by molar-refractivity contribution is -0.117. The van der Waals surface area contributed by atoms with Crippen LogP contribution in [0.15, 0.2) is 0 Å². The van der Waals surface area contributed by atoms with Gasteiger partial charge in [0.25, 0.3) is 0 Å². The molecule has 0 aromatic rings. The average Bonchev–Trinajstić information content (AvgIpc) is 2.68. The third-order valence-electron chi connectivity index (χ3n) is 4.60. The standard InChI is InChI=1S/C19H37NO5/c1-9-13(11-21)15(22)16-14(10-12(2)3)20(19(7,8)24-16)17(23)25-18(4,5)6/h12-16,21-22H,9-11H2,1-8H3/t13-,14-,15-,16+/m0/s1. The highest BCUT2D eigenvalue weighted by molar-refractivity contribution is 5.70. The predicted molar refractivity (Wildman–Crippen MR) is 97.1 cm³/mol. The number of aliphatic hydroxyl groups is 2. The van der Waals surface area contributed by atoms with Crippen LogP contribution >= 0.6 is 0 Å². The Labute approximate surface area is 152 Å². The Morgan fingerprint density at radius 2 is 1.88 bits per heavy atom. The summed E-state index contributed by atoms with van der Waals surface area (Å²) < 4.78 is 11.7. The molecule has 0 spiro atoms. The van der Waals surface area contributed by atoms with E-state index in [1.807, 2.05) is 41.5 Å². The van der Waals surface area contributed by atoms with Crippen molar-refractivity contribution in [1.82, 2.24) is 4.90 Å². The first-order chi connectivity index (χ1) is 11.3. The third kappa shape index (κ3) is 5.56. The van der Waals surface area contributed by atoms with Gasteiger partial charge in [-0.3, -0.25) is 4.90 Å². The van der Waals surface area contributed by atoms with Crippen molar-refractivity contribution in [3.8, 4) is 0 Å². The SMILES string of the molecule is CC[C@@H](CO)[C@H](O)[C@@H]1OC(C)(C)N(C(=O)OC(C)(C)C)[C@H]1CC(C)C. The summed E-state index contributed by atoms with van der Waals surface area (Å²) in [4.78, 5) is 14.5. The van der Waals surface area contributed by atoms with Crippen LogP contribution in [0.3, 0.4) is 0 Å². The van der Waals surface area contributed by atoms with Crippen LogP contribution in [0.5, 0.6) is 0 Å². The first-order valence-corrected chi connectivity index (χ1v) is 9.33. The summed E-state index contributed by atoms with van der Waals surface area (Å²) in [6.45, 7) is 15.1. The molecule has 0 aromatic heterocycles. The van der Waals surface area contributed by atoms with Crippen LogP contribution in [-0.2, 0) is 9.47 Å². The molecule has 148 valence electrons. The number of ether oxygens (including phenoxy) is 2. The summed E-state index contributed by atoms with van der Waals surface area (Å²) in [5.74, 6) is 0.0328. The molecular formula is C19H37NO5. The first-order valence-electron chi connectivity index (χ1n) is 9.33. The maximum atomic E-state index is 12.8. The van der Waals surface area contributed by atoms with E-state index >= 15 is 0 Å². The topological polar surface area (TPSA) is 79.2 Å². The van der Waals surface area contributed by atoms with Crippen LogP contribution < -0.4 is 0 Å². The largest absolute Gasteiger partial charge is 0.444 e. The predicted octanol–water partition coefficient (Wildman–Crippen LogP) is 3.15. The molecule has 1 heterocycles. The van der Waals surface area contributed by atoms with Gasteiger partial charge in [-0.2, -0.15) is 0 Å². The smallest absolute Gasteiger partial charge is 0.412 e. The normalized spacial score (nSPS) is 26.0. The van der Waals surface area contributed by atoms with Crippen LogP contribution in [0.4, 0.5) is 4.79 Å². The summed E-state index contributed by atoms with van der Waals surface area (Å²) in [5.41, 5.74) is -1.50. The molecule has 1 rings (SSSR count). The van der Waals surface area contributed by atoms with Crippen molar-refractivity contribution in [2.45, 2.75) is 97.8 Å². The van der Waals surface area contributed by atoms with E-state index in [1.54, 1.807) is 4.90 Å². The van der Waals surface area contributed by atoms with Gasteiger partial charge in [0.1, 0.15) is 17.4 Å². The zero-order valence-electron chi connectivity index (χ0n) is 17.1. The molecule has 0 aromatic carbocycles. The number of hydrogen-bond acceptors (Lipinski definition) is 5. The van der Waals surface area contributed by atoms with E-state index in [4.69, 9.17) is 9.47 Å². The lowest BCUT2D eigenvalue weighted by Crippen LogP contribution is -2.52. The number of aliphatic hydroxyl groups excluding tert-OH is 2. The Bertz CT molecular complexity index is 440. The van der Waals surface area contributed by atoms with E-state index < -0.39 is 29.6 Å². The Morgan fingerprint density at radius 3 is 2.28 bits per heavy atom. The number of nitrogens with zero attached hydrogens (tertiary/aromatic N) is 1. The Morgan fingerprint density at radius 1 is 1.32 bits per heavy atom. The van der Waals surface area contributed by atoms with E-state index in [0.29, 0.717) is 18.8 Å². The molecule has 6 nitrogen and oxygen atoms in total. The molecule has 1 amide bonds. The molecule has 2 N–H and O–H groups in total. The van der Waals surface area contributed by atoms with Crippen LogP contribution in [0.25, 0.3) is 0 Å². The molecular weight excluding hydrogens is 322 g/mol. The second kappa shape index (κ2) is 8.23. The van der Waals surface area contributed by atoms with Crippen LogP contribution in [0.1, 0.15) is 68.2 Å². The summed E-state index contributed by atoms with van der Waals surface area (Å²) in [6, 6.07) is -0.305. The molecule has 0 saturated carbocycles. The Kier molecular flexibility index (Phi) is 7.31. The van der Waals surface area contributed by atoms with Crippen molar-refractivity contribution in [2.75, 3.05) is 6.61 Å². The second-order valence-electron chi connectivity index (χ2n) is 8.92. The van der Waals surface area contributed by atoms with Gasteiger partial charge in [-0.1, -0.05) is 20.8 Å². The van der Waals surface area contributed by atoms with Gasteiger partial charge in [-0.15, -0.1) is 0 Å². The molecule has 1 fully saturated rings. The number of hydrogen-bond donors (Lipinski definition) is 2. The number of rotatable bonds is 6. The van der Waals surface area contributed by atoms with Gasteiger partial charge in [0.05, 0.1) is 12.1 Å². The second-order valence-corrected chi connectivity index (χ2v) is 8.92. The Balaban J connectivity index is 3.18. The Hall–Kier alpha value is -0.850. The molecule has 0 unspecified atom stereocenters. The van der Waals surface area contributed by atoms with Gasteiger partial charge < -0.3 is 19.7 Å². The molecule has 0 radical (unpaired) electrons. The molecule has 6 heteroatoms. The van der Waals surface area contributed by atoms with E-state index in [0.717, 1.165) is 0 Å². The maximum Gasteiger partial charge on any atom is 0.412 e. The lowest BCUT2D eigenvalue weighted by atomic mass is 9.88. The van der Waals surface area contributed by atoms with Gasteiger partial charge in [0.2, 0.25) is 0 Å². The quantitative estimate of drug-likeness (QED) is 0.761. The molecule has 0 aliphatic carbocycles. The third-order valence-corrected chi connectivity index (χ3v) is 4.60. The molecule has 4 atom stereocenters. The summed E-state index contributed by atoms with van der Waals surface area (Å²) >= 11 is 0. The minimum absolute atomic E-state index is 0.112. The summed E-state index contributed by atoms with van der Waals surface area (Å²) in [5, 5.41) is 20.4. The number of amides is 1. The van der Waals surface area contributed by atoms with Crippen molar-refractivity contribution in [1.29, 1.82) is 0 Å². The minimum Gasteiger partial charge on any atom is -0.444 e. The zero-order valence-corrected chi connectivity index (χ0v) is 17.1. The van der Waals surface area contributed by atoms with Gasteiger partial charge in [0, 0.05) is 12.5 Å². The van der Waals surface area contributed by atoms with Crippen molar-refractivity contribution < 1.29 is 24.5 Å². The van der Waals surface area contributed by atoms with Gasteiger partial charge in [0.15, 0.2) is 0 Å². The van der Waals surface area contributed by atoms with Crippen molar-refractivity contribution >= 4 is 6.09 Å². The van der Waals surface area contributed by atoms with E-state index in [9.17, 15) is 15.0 Å². The molecule has 1 aliphatic rings. The summed E-state index contributed by atoms with van der Waals surface area (Å²) in [6.07, 6.45) is -0.507. The van der Waals surface area contributed by atoms with Gasteiger partial charge >= 0.3 is 6.09 Å². The number of carbonyl (C=O) groups is 1. The highest BCUT2D eigenvalue weighted by Crippen LogP contribution is 2.39. The van der Waals surface area contributed by atoms with Crippen LogP contribution in [0.2, 0.25) is 0 Å². The van der Waals surface area contributed by atoms with Gasteiger partial charge in [-0.05, 0) is 53.4 Å². The van der Waals surface area contributed by atoms with Gasteiger partial charge in [-0.25, -0.2) is 4.79 Å².